The smallest absolute Gasteiger partial charge is 0.274 e. The Balaban J connectivity index is 1.60. The number of anilines is 1. The third-order valence-corrected chi connectivity index (χ3v) is 7.60. The van der Waals surface area contributed by atoms with Crippen LogP contribution in [-0.4, -0.2) is 53.6 Å². The largest absolute Gasteiger partial charge is 0.383 e. The number of methoxy groups -OCH3 is 1. The summed E-state index contributed by atoms with van der Waals surface area (Å²) in [4.78, 5) is 33.0. The van der Waals surface area contributed by atoms with Crippen LogP contribution in [0.5, 0.6) is 0 Å². The van der Waals surface area contributed by atoms with Gasteiger partial charge in [-0.25, -0.2) is 18.8 Å². The van der Waals surface area contributed by atoms with Crippen LogP contribution in [0.25, 0.3) is 0 Å². The number of aromatic nitrogens is 1. The zero-order chi connectivity index (χ0) is 25.9. The van der Waals surface area contributed by atoms with Crippen LogP contribution in [0.1, 0.15) is 22.5 Å². The molecule has 190 valence electrons. The lowest BCUT2D eigenvalue weighted by Crippen LogP contribution is -2.39. The summed E-state index contributed by atoms with van der Waals surface area (Å²) in [6.45, 7) is -0.301. The number of pyridine rings is 1. The fraction of sp³-hybridized carbons (Fsp3) is 0.333. The Kier molecular flexibility index (Phi) is 7.62. The van der Waals surface area contributed by atoms with E-state index in [9.17, 15) is 14.0 Å². The number of aliphatic imine (C=N–C) groups is 1. The van der Waals surface area contributed by atoms with E-state index in [-0.39, 0.29) is 28.0 Å². The average molecular weight is 536 g/mol. The molecule has 2 aliphatic rings. The van der Waals surface area contributed by atoms with Gasteiger partial charge in [-0.2, -0.15) is 0 Å². The number of amides is 2. The van der Waals surface area contributed by atoms with Crippen LogP contribution in [0.2, 0.25) is 5.02 Å². The maximum Gasteiger partial charge on any atom is 0.274 e. The first-order valence-electron chi connectivity index (χ1n) is 11.0. The maximum atomic E-state index is 15.1. The lowest BCUT2D eigenvalue weighted by Gasteiger charge is -2.34. The SMILES string of the molecule is COCCNC(=O)/C=C/[C@]12C[C@H]1[C@@](CF)(c1cc(NC(=O)c3ccc(Cl)cn3)ccc1F)N=C(N)S2. The Bertz CT molecular complexity index is 1230. The van der Waals surface area contributed by atoms with Crippen molar-refractivity contribution < 1.29 is 23.1 Å². The van der Waals surface area contributed by atoms with Crippen LogP contribution < -0.4 is 16.4 Å². The number of nitrogens with one attached hydrogen (secondary N) is 2. The van der Waals surface area contributed by atoms with Gasteiger partial charge in [0.1, 0.15) is 23.7 Å². The molecule has 3 atom stereocenters. The van der Waals surface area contributed by atoms with Gasteiger partial charge in [0.15, 0.2) is 5.17 Å². The van der Waals surface area contributed by atoms with Crippen molar-refractivity contribution in [1.29, 1.82) is 0 Å². The van der Waals surface area contributed by atoms with Gasteiger partial charge in [0.2, 0.25) is 5.91 Å². The number of benzene rings is 1. The van der Waals surface area contributed by atoms with Crippen molar-refractivity contribution in [2.75, 3.05) is 32.3 Å². The predicted molar refractivity (Wildman–Crippen MR) is 135 cm³/mol. The zero-order valence-corrected chi connectivity index (χ0v) is 20.8. The molecule has 8 nitrogen and oxygen atoms in total. The van der Waals surface area contributed by atoms with E-state index in [0.29, 0.717) is 24.6 Å². The van der Waals surface area contributed by atoms with E-state index < -0.39 is 34.6 Å². The third kappa shape index (κ3) is 5.23. The van der Waals surface area contributed by atoms with E-state index in [2.05, 4.69) is 20.6 Å². The number of fused-ring (bicyclic) bond motifs is 1. The number of ether oxygens (including phenoxy) is 1. The van der Waals surface area contributed by atoms with E-state index in [1.165, 1.54) is 55.4 Å². The molecule has 2 aromatic rings. The maximum absolute atomic E-state index is 15.1. The highest BCUT2D eigenvalue weighted by molar-refractivity contribution is 8.15. The predicted octanol–water partition coefficient (Wildman–Crippen LogP) is 3.43. The van der Waals surface area contributed by atoms with Gasteiger partial charge in [-0.15, -0.1) is 0 Å². The topological polar surface area (TPSA) is 119 Å². The number of hydrogen-bond donors (Lipinski definition) is 3. The van der Waals surface area contributed by atoms with Crippen molar-refractivity contribution in [2.45, 2.75) is 16.7 Å². The first kappa shape index (κ1) is 26.1. The number of carbonyl (C=O) groups excluding carboxylic acids is 2. The molecule has 1 aromatic heterocycles. The van der Waals surface area contributed by atoms with Crippen molar-refractivity contribution >= 4 is 46.0 Å². The molecule has 2 heterocycles. The van der Waals surface area contributed by atoms with Crippen LogP contribution in [0.15, 0.2) is 53.7 Å². The van der Waals surface area contributed by atoms with Crippen molar-refractivity contribution in [1.82, 2.24) is 10.3 Å². The zero-order valence-electron chi connectivity index (χ0n) is 19.3. The summed E-state index contributed by atoms with van der Waals surface area (Å²) in [7, 11) is 1.53. The first-order chi connectivity index (χ1) is 17.2. The van der Waals surface area contributed by atoms with Gasteiger partial charge in [0.05, 0.1) is 11.6 Å². The lowest BCUT2D eigenvalue weighted by molar-refractivity contribution is -0.116. The summed E-state index contributed by atoms with van der Waals surface area (Å²) in [5.41, 5.74) is 4.79. The number of nitrogens with zero attached hydrogens (tertiary/aromatic N) is 2. The highest BCUT2D eigenvalue weighted by Gasteiger charge is 2.67. The van der Waals surface area contributed by atoms with Crippen LogP contribution in [0.3, 0.4) is 0 Å². The molecule has 4 rings (SSSR count). The highest BCUT2D eigenvalue weighted by Crippen LogP contribution is 2.66. The second-order valence-corrected chi connectivity index (χ2v) is 10.3. The summed E-state index contributed by atoms with van der Waals surface area (Å²) < 4.78 is 34.1. The number of alkyl halides is 1. The highest BCUT2D eigenvalue weighted by atomic mass is 35.5. The molecule has 12 heteroatoms. The number of rotatable bonds is 9. The minimum Gasteiger partial charge on any atom is -0.383 e. The molecule has 36 heavy (non-hydrogen) atoms. The molecular formula is C24H24ClF2N5O3S. The second kappa shape index (κ2) is 10.5. The molecule has 0 spiro atoms. The number of hydrogen-bond acceptors (Lipinski definition) is 7. The summed E-state index contributed by atoms with van der Waals surface area (Å²) in [6.07, 6.45) is 4.82. The molecule has 0 bridgehead atoms. The molecule has 1 aliphatic carbocycles. The minimum atomic E-state index is -1.60. The Labute approximate surface area is 215 Å². The number of halogens is 3. The van der Waals surface area contributed by atoms with E-state index in [0.717, 1.165) is 6.07 Å². The van der Waals surface area contributed by atoms with Crippen LogP contribution >= 0.6 is 23.4 Å². The summed E-state index contributed by atoms with van der Waals surface area (Å²) in [5, 5.41) is 5.79. The van der Waals surface area contributed by atoms with Crippen molar-refractivity contribution in [3.63, 3.8) is 0 Å². The number of amidine groups is 1. The standard InChI is InChI=1S/C24H24ClF2N5O3S/c1-35-9-8-29-20(33)6-7-23-11-19(23)24(13-26,32-22(28)36-23)16-10-15(3-4-17(16)27)31-21(34)18-5-2-14(25)12-30-18/h2-7,10,12,19H,8-9,11,13H2,1H3,(H2,28,32)(H,29,33)(H,31,34)/b7-6+/t19-,23+,24-/m1/s1. The van der Waals surface area contributed by atoms with Gasteiger partial charge < -0.3 is 21.1 Å². The lowest BCUT2D eigenvalue weighted by atomic mass is 9.84. The molecular weight excluding hydrogens is 512 g/mol. The minimum absolute atomic E-state index is 0.0278. The van der Waals surface area contributed by atoms with E-state index in [1.54, 1.807) is 6.08 Å². The number of carbonyl (C=O) groups is 2. The molecule has 2 amide bonds. The molecule has 1 saturated carbocycles. The first-order valence-corrected chi connectivity index (χ1v) is 12.2. The normalized spacial score (nSPS) is 24.7. The van der Waals surface area contributed by atoms with Gasteiger partial charge in [0, 0.05) is 47.8 Å². The fourth-order valence-corrected chi connectivity index (χ4v) is 5.72. The fourth-order valence-electron chi connectivity index (χ4n) is 4.29. The van der Waals surface area contributed by atoms with E-state index >= 15 is 4.39 Å². The number of thioether (sulfide) groups is 1. The van der Waals surface area contributed by atoms with E-state index in [1.807, 2.05) is 0 Å². The monoisotopic (exact) mass is 535 g/mol. The van der Waals surface area contributed by atoms with Gasteiger partial charge in [-0.05, 0) is 36.8 Å². The summed E-state index contributed by atoms with van der Waals surface area (Å²) >= 11 is 7.04. The number of nitrogens with two attached hydrogens (primary N) is 1. The second-order valence-electron chi connectivity index (χ2n) is 8.45. The van der Waals surface area contributed by atoms with Crippen LogP contribution in [-0.2, 0) is 15.1 Å². The molecule has 0 unspecified atom stereocenters. The van der Waals surface area contributed by atoms with Gasteiger partial charge in [-0.3, -0.25) is 9.59 Å². The third-order valence-electron chi connectivity index (χ3n) is 6.11. The Hall–Kier alpha value is -3.02. The van der Waals surface area contributed by atoms with E-state index in [4.69, 9.17) is 22.1 Å². The summed E-state index contributed by atoms with van der Waals surface area (Å²) in [6, 6.07) is 6.85. The van der Waals surface area contributed by atoms with Gasteiger partial charge >= 0.3 is 0 Å². The Morgan fingerprint density at radius 1 is 1.36 bits per heavy atom. The molecule has 0 radical (unpaired) electrons. The molecule has 1 aliphatic heterocycles. The van der Waals surface area contributed by atoms with Crippen molar-refractivity contribution in [3.8, 4) is 0 Å². The van der Waals surface area contributed by atoms with Crippen molar-refractivity contribution in [2.24, 2.45) is 16.6 Å². The van der Waals surface area contributed by atoms with Gasteiger partial charge in [0.25, 0.3) is 5.91 Å². The molecule has 4 N–H and O–H groups in total. The molecule has 0 saturated heterocycles. The average Bonchev–Trinajstić information content (AvgIpc) is 3.59. The van der Waals surface area contributed by atoms with Gasteiger partial charge in [-0.1, -0.05) is 29.4 Å². The molecule has 1 aromatic carbocycles. The molecule has 1 fully saturated rings. The van der Waals surface area contributed by atoms with Crippen molar-refractivity contribution in [3.05, 3.63) is 70.8 Å². The summed E-state index contributed by atoms with van der Waals surface area (Å²) in [5.74, 6) is -2.00. The van der Waals surface area contributed by atoms with Crippen LogP contribution in [0.4, 0.5) is 14.5 Å². The van der Waals surface area contributed by atoms with Crippen LogP contribution in [0, 0.1) is 11.7 Å². The Morgan fingerprint density at radius 3 is 2.86 bits per heavy atom. The quantitative estimate of drug-likeness (QED) is 0.334. The Morgan fingerprint density at radius 2 is 2.17 bits per heavy atom.